The maximum absolute atomic E-state index is 14.5. The molecule has 5 aromatic rings. The van der Waals surface area contributed by atoms with Crippen molar-refractivity contribution in [1.82, 2.24) is 0 Å². The molecule has 0 radical (unpaired) electrons. The molecule has 2 aliphatic carbocycles. The molecule has 4 nitrogen and oxygen atoms in total. The highest BCUT2D eigenvalue weighted by Crippen LogP contribution is 2.57. The van der Waals surface area contributed by atoms with Crippen molar-refractivity contribution in [2.75, 3.05) is 37.0 Å². The number of carbonyl (C=O) groups excluding carboxylic acids is 2. The zero-order valence-corrected chi connectivity index (χ0v) is 21.9. The summed E-state index contributed by atoms with van der Waals surface area (Å²) in [5, 5.41) is 4.09. The van der Waals surface area contributed by atoms with Crippen molar-refractivity contribution in [3.63, 3.8) is 0 Å². The first-order chi connectivity index (χ1) is 18.4. The fourth-order valence-corrected chi connectivity index (χ4v) is 7.08. The molecule has 0 spiro atoms. The van der Waals surface area contributed by atoms with E-state index in [4.69, 9.17) is 0 Å². The van der Waals surface area contributed by atoms with E-state index in [1.54, 1.807) is 0 Å². The number of ketones is 2. The smallest absolute Gasteiger partial charge is 0.196 e. The molecule has 4 heteroatoms. The predicted octanol–water partition coefficient (Wildman–Crippen LogP) is 6.92. The van der Waals surface area contributed by atoms with Crippen LogP contribution in [0, 0.1) is 13.8 Å². The van der Waals surface area contributed by atoms with E-state index in [0.29, 0.717) is 0 Å². The lowest BCUT2D eigenvalue weighted by molar-refractivity contribution is 0.103. The zero-order valence-electron chi connectivity index (χ0n) is 21.9. The van der Waals surface area contributed by atoms with E-state index in [1.165, 1.54) is 0 Å². The number of fused-ring (bicyclic) bond motifs is 10. The largest absolute Gasteiger partial charge is 0.371 e. The van der Waals surface area contributed by atoms with Crippen LogP contribution < -0.4 is 9.80 Å². The molecular weight excluding hydrogens is 468 g/mol. The fourth-order valence-electron chi connectivity index (χ4n) is 7.08. The fraction of sp³-hybridized carbons (Fsp3) is 0.176. The van der Waals surface area contributed by atoms with Crippen molar-refractivity contribution in [3.8, 4) is 22.3 Å². The summed E-state index contributed by atoms with van der Waals surface area (Å²) in [7, 11) is 4.10. The number of nitrogens with zero attached hydrogens (tertiary/aromatic N) is 2. The predicted molar refractivity (Wildman–Crippen MR) is 155 cm³/mol. The molecule has 1 aliphatic heterocycles. The summed E-state index contributed by atoms with van der Waals surface area (Å²) in [4.78, 5) is 33.3. The van der Waals surface area contributed by atoms with Gasteiger partial charge in [0, 0.05) is 49.1 Å². The lowest BCUT2D eigenvalue weighted by atomic mass is 9.71. The van der Waals surface area contributed by atoms with Gasteiger partial charge < -0.3 is 9.80 Å². The molecule has 1 heterocycles. The molecule has 0 saturated heterocycles. The maximum Gasteiger partial charge on any atom is 0.196 e. The van der Waals surface area contributed by atoms with Crippen molar-refractivity contribution in [1.29, 1.82) is 0 Å². The van der Waals surface area contributed by atoms with Gasteiger partial charge in [0.25, 0.3) is 0 Å². The van der Waals surface area contributed by atoms with Gasteiger partial charge in [0.2, 0.25) is 0 Å². The second kappa shape index (κ2) is 7.11. The van der Waals surface area contributed by atoms with Gasteiger partial charge in [-0.15, -0.1) is 0 Å². The molecule has 38 heavy (non-hydrogen) atoms. The van der Waals surface area contributed by atoms with E-state index >= 15 is 0 Å². The van der Waals surface area contributed by atoms with E-state index < -0.39 is 0 Å². The first-order valence-electron chi connectivity index (χ1n) is 13.2. The third-order valence-electron chi connectivity index (χ3n) is 8.78. The Labute approximate surface area is 221 Å². The standard InChI is InChI=1S/C34H26N2O2/c1-17-9-11-21-23(15-17)33(37)29-27-25(21)19-7-5-6-8-20(19)26-22-12-10-18(2)16-24(22)34(38)30(28(26)27)32-31(29)35(3)13-14-36(32)4/h5-12,15-16H,13-14H2,1-4H3. The Morgan fingerprint density at radius 3 is 1.39 bits per heavy atom. The molecule has 184 valence electrons. The van der Waals surface area contributed by atoms with Crippen LogP contribution in [0.4, 0.5) is 11.4 Å². The number of hydrogen-bond donors (Lipinski definition) is 0. The summed E-state index contributed by atoms with van der Waals surface area (Å²) in [5.74, 6) is 0.0917. The number of likely N-dealkylation sites (N-methyl/N-ethyl adjacent to an activating group) is 2. The van der Waals surface area contributed by atoms with Gasteiger partial charge in [-0.1, -0.05) is 59.7 Å². The highest BCUT2D eigenvalue weighted by atomic mass is 16.1. The number of rotatable bonds is 0. The Morgan fingerprint density at radius 1 is 0.553 bits per heavy atom. The Kier molecular flexibility index (Phi) is 4.04. The van der Waals surface area contributed by atoms with E-state index in [2.05, 4.69) is 58.3 Å². The van der Waals surface area contributed by atoms with Crippen LogP contribution >= 0.6 is 0 Å². The van der Waals surface area contributed by atoms with Crippen LogP contribution in [-0.4, -0.2) is 38.8 Å². The molecule has 0 unspecified atom stereocenters. The van der Waals surface area contributed by atoms with Crippen molar-refractivity contribution in [2.45, 2.75) is 13.8 Å². The first-order valence-corrected chi connectivity index (χ1v) is 13.2. The number of carbonyl (C=O) groups is 2. The SMILES string of the molecule is Cc1ccc2c(c1)C(=O)c1c3c(c4c5c(c6ccccc6c-2c15)-c1ccc(C)cc1C4=O)N(C)CCN3C. The minimum Gasteiger partial charge on any atom is -0.371 e. The minimum absolute atomic E-state index is 0.0459. The highest BCUT2D eigenvalue weighted by Gasteiger charge is 2.41. The molecule has 0 bridgehead atoms. The summed E-state index contributed by atoms with van der Waals surface area (Å²) < 4.78 is 0. The number of anilines is 2. The monoisotopic (exact) mass is 494 g/mol. The topological polar surface area (TPSA) is 40.6 Å². The molecule has 0 fully saturated rings. The number of aryl methyl sites for hydroxylation is 2. The van der Waals surface area contributed by atoms with E-state index in [-0.39, 0.29) is 11.6 Å². The van der Waals surface area contributed by atoms with Gasteiger partial charge in [-0.3, -0.25) is 9.59 Å². The normalized spacial score (nSPS) is 15.2. The first kappa shape index (κ1) is 21.6. The summed E-state index contributed by atoms with van der Waals surface area (Å²) in [6, 6.07) is 20.9. The Morgan fingerprint density at radius 2 is 0.974 bits per heavy atom. The van der Waals surface area contributed by atoms with Crippen LogP contribution in [0.25, 0.3) is 43.8 Å². The number of benzene rings is 5. The Bertz CT molecular complexity index is 1820. The average molecular weight is 495 g/mol. The van der Waals surface area contributed by atoms with Gasteiger partial charge in [0.15, 0.2) is 11.6 Å². The molecule has 0 N–H and O–H groups in total. The highest BCUT2D eigenvalue weighted by molar-refractivity contribution is 6.42. The van der Waals surface area contributed by atoms with Crippen LogP contribution in [-0.2, 0) is 0 Å². The van der Waals surface area contributed by atoms with Gasteiger partial charge in [-0.05, 0) is 59.0 Å². The van der Waals surface area contributed by atoms with Gasteiger partial charge in [-0.2, -0.15) is 0 Å². The van der Waals surface area contributed by atoms with Crippen LogP contribution in [0.2, 0.25) is 0 Å². The minimum atomic E-state index is 0.0459. The van der Waals surface area contributed by atoms with Crippen LogP contribution in [0.3, 0.4) is 0 Å². The molecule has 0 aromatic heterocycles. The van der Waals surface area contributed by atoms with Crippen LogP contribution in [0.5, 0.6) is 0 Å². The summed E-state index contributed by atoms with van der Waals surface area (Å²) in [5.41, 5.74) is 10.9. The molecule has 0 saturated carbocycles. The Hall–Kier alpha value is -4.44. The third kappa shape index (κ3) is 2.46. The molecule has 8 rings (SSSR count). The summed E-state index contributed by atoms with van der Waals surface area (Å²) in [6.45, 7) is 5.65. The van der Waals surface area contributed by atoms with Crippen molar-refractivity contribution < 1.29 is 9.59 Å². The molecule has 5 aromatic carbocycles. The Balaban J connectivity index is 1.74. The van der Waals surface area contributed by atoms with Crippen LogP contribution in [0.1, 0.15) is 43.0 Å². The molecular formula is C34H26N2O2. The van der Waals surface area contributed by atoms with Gasteiger partial charge in [0.05, 0.1) is 22.5 Å². The van der Waals surface area contributed by atoms with Crippen molar-refractivity contribution >= 4 is 44.5 Å². The second-order valence-electron chi connectivity index (χ2n) is 11.1. The van der Waals surface area contributed by atoms with E-state index in [1.807, 2.05) is 40.1 Å². The quantitative estimate of drug-likeness (QED) is 0.215. The van der Waals surface area contributed by atoms with Crippen LogP contribution in [0.15, 0.2) is 60.7 Å². The van der Waals surface area contributed by atoms with Crippen molar-refractivity contribution in [3.05, 3.63) is 94.0 Å². The van der Waals surface area contributed by atoms with E-state index in [0.717, 1.165) is 102 Å². The maximum atomic E-state index is 14.5. The van der Waals surface area contributed by atoms with Gasteiger partial charge >= 0.3 is 0 Å². The lowest BCUT2D eigenvalue weighted by Crippen LogP contribution is -2.39. The number of hydrogen-bond acceptors (Lipinski definition) is 4. The average Bonchev–Trinajstić information content (AvgIpc) is 2.91. The second-order valence-corrected chi connectivity index (χ2v) is 11.1. The van der Waals surface area contributed by atoms with E-state index in [9.17, 15) is 9.59 Å². The zero-order chi connectivity index (χ0) is 26.0. The molecule has 0 amide bonds. The summed E-state index contributed by atoms with van der Waals surface area (Å²) in [6.07, 6.45) is 0. The third-order valence-corrected chi connectivity index (χ3v) is 8.78. The molecule has 3 aliphatic rings. The lowest BCUT2D eigenvalue weighted by Gasteiger charge is -2.41. The van der Waals surface area contributed by atoms with Gasteiger partial charge in [0.1, 0.15) is 0 Å². The van der Waals surface area contributed by atoms with Crippen molar-refractivity contribution in [2.24, 2.45) is 0 Å². The molecule has 0 atom stereocenters. The van der Waals surface area contributed by atoms with Gasteiger partial charge in [-0.25, -0.2) is 0 Å². The summed E-state index contributed by atoms with van der Waals surface area (Å²) >= 11 is 0.